The van der Waals surface area contributed by atoms with Crippen molar-refractivity contribution >= 4 is 29.1 Å². The molecule has 1 fully saturated rings. The predicted molar refractivity (Wildman–Crippen MR) is 152 cm³/mol. The zero-order chi connectivity index (χ0) is 33.7. The van der Waals surface area contributed by atoms with Crippen LogP contribution in [0.3, 0.4) is 0 Å². The van der Waals surface area contributed by atoms with Crippen molar-refractivity contribution in [1.29, 1.82) is 0 Å². The van der Waals surface area contributed by atoms with Crippen LogP contribution >= 0.6 is 0 Å². The molecule has 2 aliphatic heterocycles. The number of hydrogen-bond acceptors (Lipinski definition) is 6. The van der Waals surface area contributed by atoms with E-state index in [2.05, 4.69) is 0 Å². The molecule has 0 radical (unpaired) electrons. The first-order valence-corrected chi connectivity index (χ1v) is 14.6. The first-order valence-electron chi connectivity index (χ1n) is 14.6. The van der Waals surface area contributed by atoms with E-state index in [0.717, 1.165) is 0 Å². The van der Waals surface area contributed by atoms with Crippen molar-refractivity contribution in [2.45, 2.75) is 38.5 Å². The fourth-order valence-electron chi connectivity index (χ4n) is 7.51. The molecule has 13 heteroatoms. The number of carbonyl (C=O) groups excluding carboxylic acids is 4. The number of Topliss-reactive ketones (excluding diaryl/α,β-unsaturated/α-hetero) is 1. The second kappa shape index (κ2) is 10.3. The molecule has 4 unspecified atom stereocenters. The summed E-state index contributed by atoms with van der Waals surface area (Å²) in [5.41, 5.74) is -2.08. The van der Waals surface area contributed by atoms with Crippen molar-refractivity contribution in [3.05, 3.63) is 99.4 Å². The SMILES string of the molecule is CC1=CC(=O)C2=C(CC3C(=CCC4C(=O)N(c5cc(C(F)(F)F)cc(C(F)(F)F)c5)C(=O)C43)C2C2=COc3ccc(O)cc3C2)C1=O. The van der Waals surface area contributed by atoms with Crippen LogP contribution in [0.1, 0.15) is 36.5 Å². The van der Waals surface area contributed by atoms with Crippen LogP contribution in [0.25, 0.3) is 0 Å². The number of anilines is 1. The van der Waals surface area contributed by atoms with Crippen LogP contribution in [0, 0.1) is 23.7 Å². The molecule has 2 heterocycles. The zero-order valence-electron chi connectivity index (χ0n) is 24.3. The second-order valence-electron chi connectivity index (χ2n) is 12.3. The summed E-state index contributed by atoms with van der Waals surface area (Å²) in [6.45, 7) is 1.47. The Morgan fingerprint density at radius 3 is 2.23 bits per heavy atom. The number of rotatable bonds is 2. The first-order chi connectivity index (χ1) is 22.0. The summed E-state index contributed by atoms with van der Waals surface area (Å²) in [6.07, 6.45) is -6.10. The number of phenols is 1. The summed E-state index contributed by atoms with van der Waals surface area (Å²) >= 11 is 0. The molecule has 2 amide bonds. The van der Waals surface area contributed by atoms with Gasteiger partial charge in [0.15, 0.2) is 11.6 Å². The molecule has 4 atom stereocenters. The van der Waals surface area contributed by atoms with Crippen LogP contribution < -0.4 is 9.64 Å². The average Bonchev–Trinajstić information content (AvgIpc) is 3.26. The van der Waals surface area contributed by atoms with E-state index in [1.807, 2.05) is 0 Å². The van der Waals surface area contributed by atoms with Crippen molar-refractivity contribution in [2.24, 2.45) is 23.7 Å². The van der Waals surface area contributed by atoms with Gasteiger partial charge in [0.05, 0.1) is 34.9 Å². The molecule has 47 heavy (non-hydrogen) atoms. The number of ketones is 2. The smallest absolute Gasteiger partial charge is 0.416 e. The number of amides is 2. The van der Waals surface area contributed by atoms with Crippen LogP contribution in [0.4, 0.5) is 32.0 Å². The van der Waals surface area contributed by atoms with E-state index in [0.29, 0.717) is 39.5 Å². The Hall–Kier alpha value is -4.94. The third-order valence-electron chi connectivity index (χ3n) is 9.54. The summed E-state index contributed by atoms with van der Waals surface area (Å²) < 4.78 is 87.8. The fraction of sp³-hybridized carbons (Fsp3) is 0.294. The van der Waals surface area contributed by atoms with Gasteiger partial charge in [0.25, 0.3) is 0 Å². The standard InChI is InChI=1S/C34H23F6NO6/c1-14-6-25(43)29-24(30(14)44)12-23-21(27(29)16-7-15-8-20(42)2-5-26(15)47-13-16)3-4-22-28(23)32(46)41(31(22)45)19-10-17(33(35,36)37)9-18(11-19)34(38,39)40/h2-3,5-6,8-11,13,22-23,27-28,42H,4,7,12H2,1H3. The number of carbonyl (C=O) groups is 4. The monoisotopic (exact) mass is 655 g/mol. The number of nitrogens with zero attached hydrogens (tertiary/aromatic N) is 1. The lowest BCUT2D eigenvalue weighted by molar-refractivity contribution is -0.143. The van der Waals surface area contributed by atoms with E-state index < -0.39 is 76.2 Å². The largest absolute Gasteiger partial charge is 0.508 e. The summed E-state index contributed by atoms with van der Waals surface area (Å²) in [5.74, 6) is -6.48. The average molecular weight is 656 g/mol. The maximum atomic E-state index is 14.1. The van der Waals surface area contributed by atoms with Gasteiger partial charge in [0.1, 0.15) is 11.5 Å². The third kappa shape index (κ3) is 4.82. The lowest BCUT2D eigenvalue weighted by atomic mass is 9.58. The van der Waals surface area contributed by atoms with E-state index in [1.165, 1.54) is 31.4 Å². The van der Waals surface area contributed by atoms with E-state index in [4.69, 9.17) is 4.74 Å². The minimum Gasteiger partial charge on any atom is -0.508 e. The van der Waals surface area contributed by atoms with Crippen LogP contribution in [0.2, 0.25) is 0 Å². The minimum atomic E-state index is -5.20. The molecule has 0 bridgehead atoms. The molecule has 1 N–H and O–H groups in total. The molecule has 2 aromatic carbocycles. The van der Waals surface area contributed by atoms with Gasteiger partial charge >= 0.3 is 12.4 Å². The lowest BCUT2D eigenvalue weighted by Crippen LogP contribution is -2.41. The Labute approximate surface area is 262 Å². The number of allylic oxidation sites excluding steroid dienone is 7. The Morgan fingerprint density at radius 2 is 1.57 bits per heavy atom. The lowest BCUT2D eigenvalue weighted by Gasteiger charge is -2.43. The van der Waals surface area contributed by atoms with E-state index in [-0.39, 0.29) is 47.8 Å². The molecule has 5 aliphatic rings. The number of fused-ring (bicyclic) bond motifs is 4. The van der Waals surface area contributed by atoms with Crippen LogP contribution in [-0.4, -0.2) is 28.5 Å². The Kier molecular flexibility index (Phi) is 6.72. The van der Waals surface area contributed by atoms with Gasteiger partial charge in [-0.05, 0) is 73.7 Å². The van der Waals surface area contributed by atoms with Gasteiger partial charge in [0, 0.05) is 34.6 Å². The summed E-state index contributed by atoms with van der Waals surface area (Å²) in [7, 11) is 0. The Balaban J connectivity index is 1.33. The summed E-state index contributed by atoms with van der Waals surface area (Å²) in [4.78, 5) is 55.1. The van der Waals surface area contributed by atoms with E-state index >= 15 is 0 Å². The molecule has 7 nitrogen and oxygen atoms in total. The minimum absolute atomic E-state index is 0.0318. The van der Waals surface area contributed by atoms with Gasteiger partial charge in [-0.1, -0.05) is 11.6 Å². The number of alkyl halides is 6. The number of ether oxygens (including phenoxy) is 1. The van der Waals surface area contributed by atoms with Crippen molar-refractivity contribution in [3.8, 4) is 11.5 Å². The number of benzene rings is 2. The molecule has 3 aliphatic carbocycles. The summed E-state index contributed by atoms with van der Waals surface area (Å²) in [5, 5.41) is 10.1. The number of aromatic hydroxyl groups is 1. The summed E-state index contributed by atoms with van der Waals surface area (Å²) in [6, 6.07) is 5.09. The number of halogens is 6. The zero-order valence-corrected chi connectivity index (χ0v) is 24.3. The van der Waals surface area contributed by atoms with Gasteiger partial charge in [-0.3, -0.25) is 19.2 Å². The highest BCUT2D eigenvalue weighted by Gasteiger charge is 2.57. The number of hydrogen-bond donors (Lipinski definition) is 1. The highest BCUT2D eigenvalue weighted by atomic mass is 19.4. The van der Waals surface area contributed by atoms with Crippen molar-refractivity contribution in [2.75, 3.05) is 4.90 Å². The highest BCUT2D eigenvalue weighted by molar-refractivity contribution is 6.25. The van der Waals surface area contributed by atoms with Crippen LogP contribution in [-0.2, 0) is 38.0 Å². The molecule has 7 rings (SSSR count). The Bertz CT molecular complexity index is 1920. The van der Waals surface area contributed by atoms with Crippen LogP contribution in [0.5, 0.6) is 11.5 Å². The molecule has 0 spiro atoms. The maximum Gasteiger partial charge on any atom is 0.416 e. The predicted octanol–water partition coefficient (Wildman–Crippen LogP) is 6.42. The number of phenolic OH excluding ortho intramolecular Hbond substituents is 1. The van der Waals surface area contributed by atoms with Crippen molar-refractivity contribution in [3.63, 3.8) is 0 Å². The quantitative estimate of drug-likeness (QED) is 0.174. The van der Waals surface area contributed by atoms with Gasteiger partial charge in [-0.25, -0.2) is 4.90 Å². The third-order valence-corrected chi connectivity index (χ3v) is 9.54. The molecule has 0 aromatic heterocycles. The normalized spacial score (nSPS) is 25.8. The van der Waals surface area contributed by atoms with Crippen molar-refractivity contribution in [1.82, 2.24) is 0 Å². The van der Waals surface area contributed by atoms with Crippen molar-refractivity contribution < 1.29 is 55.4 Å². The number of imide groups is 1. The van der Waals surface area contributed by atoms with Crippen LogP contribution in [0.15, 0.2) is 82.7 Å². The first kappa shape index (κ1) is 30.7. The molecule has 1 saturated heterocycles. The maximum absolute atomic E-state index is 14.1. The molecule has 2 aromatic rings. The van der Waals surface area contributed by atoms with Gasteiger partial charge in [0.2, 0.25) is 11.8 Å². The highest BCUT2D eigenvalue weighted by Crippen LogP contribution is 2.55. The van der Waals surface area contributed by atoms with Gasteiger partial charge < -0.3 is 9.84 Å². The topological polar surface area (TPSA) is 101 Å². The molecular formula is C34H23F6NO6. The van der Waals surface area contributed by atoms with E-state index in [9.17, 15) is 50.6 Å². The second-order valence-corrected chi connectivity index (χ2v) is 12.3. The Morgan fingerprint density at radius 1 is 0.894 bits per heavy atom. The van der Waals surface area contributed by atoms with E-state index in [1.54, 1.807) is 12.1 Å². The molecular weight excluding hydrogens is 632 g/mol. The molecule has 242 valence electrons. The van der Waals surface area contributed by atoms with Gasteiger partial charge in [-0.15, -0.1) is 0 Å². The molecule has 0 saturated carbocycles. The van der Waals surface area contributed by atoms with Gasteiger partial charge in [-0.2, -0.15) is 26.3 Å². The fourth-order valence-corrected chi connectivity index (χ4v) is 7.51.